The predicted octanol–water partition coefficient (Wildman–Crippen LogP) is 7.37. The molecular formula is C41H44N4O5. The summed E-state index contributed by atoms with van der Waals surface area (Å²) in [5, 5.41) is 5.44. The van der Waals surface area contributed by atoms with Gasteiger partial charge in [0.25, 0.3) is 5.91 Å². The number of nitrogen functional groups attached to an aromatic ring is 1. The lowest BCUT2D eigenvalue weighted by Gasteiger charge is -2.56. The number of rotatable bonds is 6. The fourth-order valence-electron chi connectivity index (χ4n) is 8.42. The van der Waals surface area contributed by atoms with Gasteiger partial charge < -0.3 is 21.1 Å². The standard InChI is InChI=1S/C21H20N4O3.C20H24O2/c22-18-5-1-2-6-19(18)25-20(26)17-9-7-15(8-10-17)13-24-21(27)28-14-16-4-3-11-23-12-16;1-12-10-14-15-4-5-18(22)20(15,3)9-7-16(14)19(2)8-6-13(21)11-17(12)19/h1-12H,13-14,22H2,(H,24,27)(H,25,26);6,8,11,14-16H,1,4-5,7,9-10H2,2-3H3/t;14-,15-,16-,19+,20-/m.0/s1. The largest absolute Gasteiger partial charge is 0.445 e. The van der Waals surface area contributed by atoms with Gasteiger partial charge in [-0.3, -0.25) is 19.4 Å². The summed E-state index contributed by atoms with van der Waals surface area (Å²) in [5.41, 5.74) is 11.1. The van der Waals surface area contributed by atoms with E-state index in [1.165, 1.54) is 0 Å². The molecule has 0 saturated heterocycles. The molecule has 1 aromatic heterocycles. The minimum absolute atomic E-state index is 0.0686. The molecule has 7 rings (SSSR count). The van der Waals surface area contributed by atoms with E-state index in [2.05, 4.69) is 42.1 Å². The Kier molecular flexibility index (Phi) is 9.86. The average molecular weight is 673 g/mol. The number of carbonyl (C=O) groups is 4. The van der Waals surface area contributed by atoms with Crippen molar-refractivity contribution in [2.75, 3.05) is 11.1 Å². The second kappa shape index (κ2) is 14.3. The molecule has 9 heteroatoms. The summed E-state index contributed by atoms with van der Waals surface area (Å²) < 4.78 is 5.12. The van der Waals surface area contributed by atoms with E-state index >= 15 is 0 Å². The Bertz CT molecular complexity index is 1870. The topological polar surface area (TPSA) is 140 Å². The van der Waals surface area contributed by atoms with Gasteiger partial charge in [0.2, 0.25) is 0 Å². The minimum Gasteiger partial charge on any atom is -0.445 e. The SMILES string of the molecule is C=C1C[C@@H]2[C@H](CC[C@]3(C)C(=O)CC[C@@H]23)[C@@]2(C)C=CC(=O)C=C12.Nc1ccccc1NC(=O)c1ccc(CNC(=O)OCc2cccnc2)cc1. The van der Waals surface area contributed by atoms with Crippen LogP contribution in [0.15, 0.2) is 109 Å². The highest BCUT2D eigenvalue weighted by Crippen LogP contribution is 2.64. The molecule has 1 heterocycles. The van der Waals surface area contributed by atoms with Gasteiger partial charge in [-0.05, 0) is 97.1 Å². The van der Waals surface area contributed by atoms with Crippen molar-refractivity contribution >= 4 is 34.9 Å². The number of pyridine rings is 1. The number of nitrogens with two attached hydrogens (primary N) is 1. The van der Waals surface area contributed by atoms with Crippen molar-refractivity contribution in [2.24, 2.45) is 28.6 Å². The van der Waals surface area contributed by atoms with Crippen molar-refractivity contribution in [3.8, 4) is 0 Å². The first-order valence-electron chi connectivity index (χ1n) is 17.2. The Hall–Kier alpha value is -5.31. The Balaban J connectivity index is 0.000000177. The maximum absolute atomic E-state index is 12.4. The number of benzene rings is 2. The highest BCUT2D eigenvalue weighted by Gasteiger charge is 2.59. The van der Waals surface area contributed by atoms with Gasteiger partial charge in [-0.2, -0.15) is 0 Å². The number of carbonyl (C=O) groups excluding carboxylic acids is 4. The van der Waals surface area contributed by atoms with E-state index in [0.29, 0.717) is 47.0 Å². The maximum atomic E-state index is 12.4. The molecule has 3 aromatic rings. The van der Waals surface area contributed by atoms with Crippen molar-refractivity contribution < 1.29 is 23.9 Å². The quantitative estimate of drug-likeness (QED) is 0.232. The molecule has 0 aliphatic heterocycles. The molecule has 2 amide bonds. The summed E-state index contributed by atoms with van der Waals surface area (Å²) in [6.07, 6.45) is 13.3. The van der Waals surface area contributed by atoms with Crippen LogP contribution in [-0.2, 0) is 27.5 Å². The van der Waals surface area contributed by atoms with E-state index in [-0.39, 0.29) is 29.1 Å². The van der Waals surface area contributed by atoms with Crippen LogP contribution < -0.4 is 16.4 Å². The third-order valence-electron chi connectivity index (χ3n) is 11.2. The van der Waals surface area contributed by atoms with Gasteiger partial charge in [0.1, 0.15) is 12.4 Å². The first-order valence-corrected chi connectivity index (χ1v) is 17.2. The lowest BCUT2D eigenvalue weighted by molar-refractivity contribution is -0.131. The number of hydrogen-bond acceptors (Lipinski definition) is 7. The second-order valence-electron chi connectivity index (χ2n) is 14.2. The number of Topliss-reactive ketones (excluding diaryl/α,β-unsaturated/α-hetero) is 1. The number of alkyl carbamates (subject to hydrolysis) is 1. The van der Waals surface area contributed by atoms with Crippen LogP contribution in [0.2, 0.25) is 0 Å². The molecule has 5 atom stereocenters. The molecule has 4 aliphatic rings. The molecule has 9 nitrogen and oxygen atoms in total. The molecule has 0 spiro atoms. The van der Waals surface area contributed by atoms with E-state index in [9.17, 15) is 19.2 Å². The highest BCUT2D eigenvalue weighted by molar-refractivity contribution is 6.05. The molecule has 0 unspecified atom stereocenters. The monoisotopic (exact) mass is 672 g/mol. The minimum atomic E-state index is -0.523. The lowest BCUT2D eigenvalue weighted by atomic mass is 9.48. The molecule has 258 valence electrons. The van der Waals surface area contributed by atoms with Crippen LogP contribution in [0.25, 0.3) is 0 Å². The molecule has 2 aromatic carbocycles. The molecule has 4 aliphatic carbocycles. The molecule has 3 saturated carbocycles. The fraction of sp³-hybridized carbons (Fsp3) is 0.341. The summed E-state index contributed by atoms with van der Waals surface area (Å²) in [4.78, 5) is 52.2. The Morgan fingerprint density at radius 1 is 1.00 bits per heavy atom. The first-order chi connectivity index (χ1) is 24.0. The zero-order valence-corrected chi connectivity index (χ0v) is 28.6. The van der Waals surface area contributed by atoms with E-state index in [4.69, 9.17) is 10.5 Å². The highest BCUT2D eigenvalue weighted by atomic mass is 16.5. The number of allylic oxidation sites excluding steroid dienone is 5. The molecule has 3 fully saturated rings. The van der Waals surface area contributed by atoms with Crippen LogP contribution in [0, 0.1) is 28.6 Å². The molecule has 4 N–H and O–H groups in total. The van der Waals surface area contributed by atoms with Gasteiger partial charge in [0.05, 0.1) is 11.4 Å². The molecule has 0 bridgehead atoms. The fourth-order valence-corrected chi connectivity index (χ4v) is 8.42. The van der Waals surface area contributed by atoms with E-state index in [1.54, 1.807) is 79.1 Å². The third-order valence-corrected chi connectivity index (χ3v) is 11.2. The van der Waals surface area contributed by atoms with Crippen molar-refractivity contribution in [1.82, 2.24) is 10.3 Å². The smallest absolute Gasteiger partial charge is 0.407 e. The Labute approximate surface area is 293 Å². The Morgan fingerprint density at radius 2 is 1.78 bits per heavy atom. The first kappa shape index (κ1) is 34.5. The third kappa shape index (κ3) is 7.04. The van der Waals surface area contributed by atoms with Crippen molar-refractivity contribution in [3.63, 3.8) is 0 Å². The number of hydrogen-bond donors (Lipinski definition) is 3. The summed E-state index contributed by atoms with van der Waals surface area (Å²) in [6.45, 7) is 9.19. The van der Waals surface area contributed by atoms with Gasteiger partial charge in [0, 0.05) is 47.3 Å². The number of nitrogens with zero attached hydrogens (tertiary/aromatic N) is 1. The second-order valence-corrected chi connectivity index (χ2v) is 14.2. The molecular weight excluding hydrogens is 628 g/mol. The van der Waals surface area contributed by atoms with Crippen molar-refractivity contribution in [1.29, 1.82) is 0 Å². The zero-order valence-electron chi connectivity index (χ0n) is 28.6. The van der Waals surface area contributed by atoms with Gasteiger partial charge in [-0.25, -0.2) is 4.79 Å². The number of ether oxygens (including phenoxy) is 1. The summed E-state index contributed by atoms with van der Waals surface area (Å²) in [5.74, 6) is 1.88. The van der Waals surface area contributed by atoms with Gasteiger partial charge in [-0.1, -0.05) is 62.4 Å². The maximum Gasteiger partial charge on any atom is 0.407 e. The van der Waals surface area contributed by atoms with Crippen LogP contribution in [0.4, 0.5) is 16.2 Å². The molecule has 50 heavy (non-hydrogen) atoms. The normalized spacial score (nSPS) is 26.3. The summed E-state index contributed by atoms with van der Waals surface area (Å²) in [6, 6.07) is 17.6. The van der Waals surface area contributed by atoms with Gasteiger partial charge in [0.15, 0.2) is 5.78 Å². The van der Waals surface area contributed by atoms with Crippen molar-refractivity contribution in [3.05, 3.63) is 126 Å². The van der Waals surface area contributed by atoms with Crippen LogP contribution in [0.5, 0.6) is 0 Å². The van der Waals surface area contributed by atoms with Crippen molar-refractivity contribution in [2.45, 2.75) is 59.1 Å². The number of anilines is 2. The van der Waals surface area contributed by atoms with E-state index in [0.717, 1.165) is 54.4 Å². The van der Waals surface area contributed by atoms with E-state index < -0.39 is 6.09 Å². The summed E-state index contributed by atoms with van der Waals surface area (Å²) >= 11 is 0. The van der Waals surface area contributed by atoms with Gasteiger partial charge >= 0.3 is 6.09 Å². The zero-order chi connectivity index (χ0) is 35.5. The van der Waals surface area contributed by atoms with Crippen LogP contribution in [-0.4, -0.2) is 28.6 Å². The average Bonchev–Trinajstić information content (AvgIpc) is 3.43. The van der Waals surface area contributed by atoms with Crippen LogP contribution in [0.1, 0.15) is 67.4 Å². The number of amides is 2. The van der Waals surface area contributed by atoms with Crippen LogP contribution in [0.3, 0.4) is 0 Å². The Morgan fingerprint density at radius 3 is 2.52 bits per heavy atom. The summed E-state index contributed by atoms with van der Waals surface area (Å²) in [7, 11) is 0. The van der Waals surface area contributed by atoms with E-state index in [1.807, 2.05) is 6.07 Å². The van der Waals surface area contributed by atoms with Gasteiger partial charge in [-0.15, -0.1) is 0 Å². The number of nitrogens with one attached hydrogen (secondary N) is 2. The van der Waals surface area contributed by atoms with Crippen LogP contribution >= 0.6 is 0 Å². The number of fused-ring (bicyclic) bond motifs is 5. The number of para-hydroxylation sites is 2. The number of aromatic nitrogens is 1. The predicted molar refractivity (Wildman–Crippen MR) is 193 cm³/mol. The molecule has 0 radical (unpaired) electrons. The number of ketones is 2. The lowest BCUT2D eigenvalue weighted by Crippen LogP contribution is -2.50.